The number of nitriles is 1. The number of carbonyl (C=O) groups is 1. The van der Waals surface area contributed by atoms with E-state index in [0.29, 0.717) is 52.1 Å². The standard InChI is InChI=1S/C27H25ClN2O4/c1-3-4-5-21(13-27(31)32)23-12-18(2)25(14-24(23)28)34-26-11-10-22(16-30-26)33-17-20-8-6-19(15-29)7-9-20/h6-14,16H,3-5,17H2,1-2H3,(H,31,32)/b21-13+. The highest BCUT2D eigenvalue weighted by Gasteiger charge is 2.13. The number of aryl methyl sites for hydroxylation is 1. The highest BCUT2D eigenvalue weighted by Crippen LogP contribution is 2.35. The van der Waals surface area contributed by atoms with Crippen LogP contribution in [0.4, 0.5) is 0 Å². The molecule has 3 aromatic rings. The van der Waals surface area contributed by atoms with Gasteiger partial charge in [-0.05, 0) is 66.3 Å². The van der Waals surface area contributed by atoms with E-state index in [4.69, 9.17) is 26.3 Å². The van der Waals surface area contributed by atoms with Crippen LogP contribution in [-0.2, 0) is 11.4 Å². The van der Waals surface area contributed by atoms with Crippen molar-refractivity contribution in [3.8, 4) is 23.4 Å². The van der Waals surface area contributed by atoms with Crippen LogP contribution in [0, 0.1) is 18.3 Å². The van der Waals surface area contributed by atoms with E-state index in [-0.39, 0.29) is 0 Å². The van der Waals surface area contributed by atoms with Gasteiger partial charge in [0.2, 0.25) is 5.88 Å². The van der Waals surface area contributed by atoms with Crippen molar-refractivity contribution < 1.29 is 19.4 Å². The molecule has 0 atom stereocenters. The minimum Gasteiger partial charge on any atom is -0.487 e. The van der Waals surface area contributed by atoms with Crippen molar-refractivity contribution in [3.05, 3.63) is 88.1 Å². The largest absolute Gasteiger partial charge is 0.487 e. The minimum atomic E-state index is -0.995. The predicted molar refractivity (Wildman–Crippen MR) is 131 cm³/mol. The average molecular weight is 477 g/mol. The maximum atomic E-state index is 11.3. The van der Waals surface area contributed by atoms with Crippen LogP contribution >= 0.6 is 11.6 Å². The molecule has 0 saturated carbocycles. The number of aliphatic carboxylic acids is 1. The molecule has 34 heavy (non-hydrogen) atoms. The molecular weight excluding hydrogens is 452 g/mol. The molecule has 1 N–H and O–H groups in total. The van der Waals surface area contributed by atoms with Gasteiger partial charge in [0, 0.05) is 18.2 Å². The van der Waals surface area contributed by atoms with Crippen molar-refractivity contribution in [2.75, 3.05) is 0 Å². The molecule has 0 amide bonds. The summed E-state index contributed by atoms with van der Waals surface area (Å²) in [6.45, 7) is 4.29. The number of hydrogen-bond acceptors (Lipinski definition) is 5. The number of carboxylic acids is 1. The number of halogens is 1. The molecule has 174 valence electrons. The van der Waals surface area contributed by atoms with Crippen LogP contribution < -0.4 is 9.47 Å². The molecule has 0 spiro atoms. The van der Waals surface area contributed by atoms with Crippen molar-refractivity contribution >= 4 is 23.1 Å². The van der Waals surface area contributed by atoms with Crippen LogP contribution in [0.15, 0.2) is 60.8 Å². The van der Waals surface area contributed by atoms with Crippen LogP contribution in [0.2, 0.25) is 5.02 Å². The Morgan fingerprint density at radius 2 is 1.97 bits per heavy atom. The van der Waals surface area contributed by atoms with Crippen LogP contribution in [-0.4, -0.2) is 16.1 Å². The van der Waals surface area contributed by atoms with Gasteiger partial charge < -0.3 is 14.6 Å². The third kappa shape index (κ3) is 6.84. The van der Waals surface area contributed by atoms with Crippen LogP contribution in [0.5, 0.6) is 17.4 Å². The summed E-state index contributed by atoms with van der Waals surface area (Å²) in [6, 6.07) is 16.3. The van der Waals surface area contributed by atoms with Gasteiger partial charge in [0.05, 0.1) is 22.9 Å². The van der Waals surface area contributed by atoms with Gasteiger partial charge in [-0.15, -0.1) is 0 Å². The van der Waals surface area contributed by atoms with Crippen molar-refractivity contribution in [2.24, 2.45) is 0 Å². The highest BCUT2D eigenvalue weighted by atomic mass is 35.5. The molecule has 0 aliphatic rings. The number of ether oxygens (including phenoxy) is 2. The molecule has 0 aliphatic carbocycles. The lowest BCUT2D eigenvalue weighted by atomic mass is 9.98. The number of hydrogen-bond donors (Lipinski definition) is 1. The van der Waals surface area contributed by atoms with E-state index in [2.05, 4.69) is 18.0 Å². The van der Waals surface area contributed by atoms with Crippen molar-refractivity contribution in [1.29, 1.82) is 5.26 Å². The minimum absolute atomic E-state index is 0.355. The normalized spacial score (nSPS) is 11.1. The number of allylic oxidation sites excluding steroid dienone is 1. The maximum Gasteiger partial charge on any atom is 0.328 e. The third-order valence-electron chi connectivity index (χ3n) is 5.12. The molecule has 3 rings (SSSR count). The van der Waals surface area contributed by atoms with Gasteiger partial charge in [-0.3, -0.25) is 0 Å². The molecule has 2 aromatic carbocycles. The summed E-state index contributed by atoms with van der Waals surface area (Å²) < 4.78 is 11.7. The number of carboxylic acid groups (broad SMARTS) is 1. The number of nitrogens with zero attached hydrogens (tertiary/aromatic N) is 2. The van der Waals surface area contributed by atoms with Crippen molar-refractivity contribution in [3.63, 3.8) is 0 Å². The number of unbranched alkanes of at least 4 members (excludes halogenated alkanes) is 1. The zero-order valence-corrected chi connectivity index (χ0v) is 19.8. The fourth-order valence-corrected chi connectivity index (χ4v) is 3.56. The Labute approximate surface area is 204 Å². The van der Waals surface area contributed by atoms with Gasteiger partial charge in [0.15, 0.2) is 0 Å². The lowest BCUT2D eigenvalue weighted by molar-refractivity contribution is -0.131. The Balaban J connectivity index is 1.69. The first kappa shape index (κ1) is 24.8. The molecule has 0 aliphatic heterocycles. The number of rotatable bonds is 10. The average Bonchev–Trinajstić information content (AvgIpc) is 2.83. The lowest BCUT2D eigenvalue weighted by Crippen LogP contribution is -1.98. The summed E-state index contributed by atoms with van der Waals surface area (Å²) in [4.78, 5) is 15.6. The first-order valence-electron chi connectivity index (χ1n) is 10.9. The Bertz CT molecular complexity index is 1210. The van der Waals surface area contributed by atoms with Gasteiger partial charge in [-0.2, -0.15) is 5.26 Å². The Hall–Kier alpha value is -3.82. The quantitative estimate of drug-likeness (QED) is 0.318. The summed E-state index contributed by atoms with van der Waals surface area (Å²) >= 11 is 6.50. The van der Waals surface area contributed by atoms with E-state index < -0.39 is 5.97 Å². The summed E-state index contributed by atoms with van der Waals surface area (Å²) in [5.41, 5.74) is 3.75. The van der Waals surface area contributed by atoms with E-state index >= 15 is 0 Å². The number of pyridine rings is 1. The molecule has 6 nitrogen and oxygen atoms in total. The highest BCUT2D eigenvalue weighted by molar-refractivity contribution is 6.32. The Morgan fingerprint density at radius 1 is 1.21 bits per heavy atom. The van der Waals surface area contributed by atoms with Crippen LogP contribution in [0.3, 0.4) is 0 Å². The second-order valence-electron chi connectivity index (χ2n) is 7.74. The summed E-state index contributed by atoms with van der Waals surface area (Å²) in [7, 11) is 0. The van der Waals surface area contributed by atoms with E-state index in [1.165, 1.54) is 6.08 Å². The fraction of sp³-hybridized carbons (Fsp3) is 0.222. The van der Waals surface area contributed by atoms with Crippen LogP contribution in [0.1, 0.15) is 48.4 Å². The molecular formula is C27H25ClN2O4. The SMILES string of the molecule is CCCC/C(=C\C(=O)O)c1cc(C)c(Oc2ccc(OCc3ccc(C#N)cc3)cn2)cc1Cl. The molecule has 0 unspecified atom stereocenters. The monoisotopic (exact) mass is 476 g/mol. The molecule has 0 saturated heterocycles. The topological polar surface area (TPSA) is 92.4 Å². The van der Waals surface area contributed by atoms with E-state index in [1.54, 1.807) is 36.5 Å². The summed E-state index contributed by atoms with van der Waals surface area (Å²) in [5.74, 6) is 0.509. The van der Waals surface area contributed by atoms with E-state index in [9.17, 15) is 9.90 Å². The number of benzene rings is 2. The Kier molecular flexibility index (Phi) is 8.66. The molecule has 1 aromatic heterocycles. The van der Waals surface area contributed by atoms with E-state index in [1.807, 2.05) is 25.1 Å². The smallest absolute Gasteiger partial charge is 0.328 e. The molecule has 0 radical (unpaired) electrons. The van der Waals surface area contributed by atoms with Gasteiger partial charge in [0.25, 0.3) is 0 Å². The Morgan fingerprint density at radius 3 is 2.59 bits per heavy atom. The fourth-order valence-electron chi connectivity index (χ4n) is 3.29. The first-order chi connectivity index (χ1) is 16.4. The number of aromatic nitrogens is 1. The summed E-state index contributed by atoms with van der Waals surface area (Å²) in [5, 5.41) is 18.5. The maximum absolute atomic E-state index is 11.3. The van der Waals surface area contributed by atoms with E-state index in [0.717, 1.165) is 24.0 Å². The first-order valence-corrected chi connectivity index (χ1v) is 11.3. The lowest BCUT2D eigenvalue weighted by Gasteiger charge is -2.14. The second kappa shape index (κ2) is 11.9. The van der Waals surface area contributed by atoms with Crippen molar-refractivity contribution in [1.82, 2.24) is 4.98 Å². The molecule has 0 fully saturated rings. The second-order valence-corrected chi connectivity index (χ2v) is 8.15. The van der Waals surface area contributed by atoms with Crippen LogP contribution in [0.25, 0.3) is 5.57 Å². The van der Waals surface area contributed by atoms with Gasteiger partial charge in [-0.1, -0.05) is 37.1 Å². The predicted octanol–water partition coefficient (Wildman–Crippen LogP) is 6.94. The molecule has 0 bridgehead atoms. The van der Waals surface area contributed by atoms with Gasteiger partial charge in [0.1, 0.15) is 18.1 Å². The van der Waals surface area contributed by atoms with Crippen molar-refractivity contribution in [2.45, 2.75) is 39.7 Å². The molecule has 7 heteroatoms. The third-order valence-corrected chi connectivity index (χ3v) is 5.43. The van der Waals surface area contributed by atoms with Gasteiger partial charge in [-0.25, -0.2) is 9.78 Å². The summed E-state index contributed by atoms with van der Waals surface area (Å²) in [6.07, 6.45) is 5.25. The molecule has 1 heterocycles. The van der Waals surface area contributed by atoms with Gasteiger partial charge >= 0.3 is 5.97 Å². The zero-order valence-electron chi connectivity index (χ0n) is 19.0. The zero-order chi connectivity index (χ0) is 24.5.